The molecule has 0 aliphatic heterocycles. The lowest BCUT2D eigenvalue weighted by Gasteiger charge is -2.17. The van der Waals surface area contributed by atoms with Crippen LogP contribution >= 0.6 is 0 Å². The summed E-state index contributed by atoms with van der Waals surface area (Å²) in [6.45, 7) is 7.96. The monoisotopic (exact) mass is 273 g/mol. The van der Waals surface area contributed by atoms with Gasteiger partial charge >= 0.3 is 0 Å². The van der Waals surface area contributed by atoms with Gasteiger partial charge in [0.05, 0.1) is 24.5 Å². The fourth-order valence-corrected chi connectivity index (χ4v) is 2.02. The van der Waals surface area contributed by atoms with Gasteiger partial charge in [-0.25, -0.2) is 0 Å². The van der Waals surface area contributed by atoms with Gasteiger partial charge in [0.1, 0.15) is 5.75 Å². The molecule has 20 heavy (non-hydrogen) atoms. The van der Waals surface area contributed by atoms with Crippen LogP contribution in [0.5, 0.6) is 5.75 Å². The van der Waals surface area contributed by atoms with Gasteiger partial charge in [0, 0.05) is 18.3 Å². The lowest BCUT2D eigenvalue weighted by atomic mass is 10.1. The van der Waals surface area contributed by atoms with E-state index < -0.39 is 0 Å². The van der Waals surface area contributed by atoms with Crippen molar-refractivity contribution in [3.8, 4) is 5.75 Å². The highest BCUT2D eigenvalue weighted by Gasteiger charge is 2.10. The topological polar surface area (TPSA) is 39.1 Å². The fourth-order valence-electron chi connectivity index (χ4n) is 2.02. The number of nitrogens with one attached hydrogen (secondary N) is 1. The third-order valence-electron chi connectivity index (χ3n) is 3.20. The van der Waals surface area contributed by atoms with Crippen molar-refractivity contribution in [2.24, 2.45) is 0 Å². The van der Waals surface area contributed by atoms with Crippen molar-refractivity contribution in [2.75, 3.05) is 11.9 Å². The summed E-state index contributed by atoms with van der Waals surface area (Å²) in [5.41, 5.74) is 2.20. The van der Waals surface area contributed by atoms with Crippen LogP contribution in [-0.4, -0.2) is 16.4 Å². The maximum Gasteiger partial charge on any atom is 0.142 e. The van der Waals surface area contributed by atoms with Gasteiger partial charge in [-0.3, -0.25) is 4.68 Å². The van der Waals surface area contributed by atoms with Gasteiger partial charge in [-0.15, -0.1) is 0 Å². The standard InChI is InChI=1S/C16H23N3O/c1-4-10-20-16-9-7-6-8-15(16)18-13(3)14-11-17-19(5-2)12-14/h6-9,11-13,18H,4-5,10H2,1-3H3. The Morgan fingerprint density at radius 2 is 2.10 bits per heavy atom. The quantitative estimate of drug-likeness (QED) is 0.832. The molecule has 4 nitrogen and oxygen atoms in total. The van der Waals surface area contributed by atoms with Crippen LogP contribution in [0.3, 0.4) is 0 Å². The van der Waals surface area contributed by atoms with Gasteiger partial charge in [0.15, 0.2) is 0 Å². The molecule has 0 saturated carbocycles. The molecule has 1 heterocycles. The van der Waals surface area contributed by atoms with Crippen LogP contribution in [0.15, 0.2) is 36.7 Å². The lowest BCUT2D eigenvalue weighted by Crippen LogP contribution is -2.08. The fraction of sp³-hybridized carbons (Fsp3) is 0.438. The molecule has 1 unspecified atom stereocenters. The van der Waals surface area contributed by atoms with Crippen molar-refractivity contribution in [1.82, 2.24) is 9.78 Å². The van der Waals surface area contributed by atoms with Gasteiger partial charge in [-0.1, -0.05) is 19.1 Å². The predicted octanol–water partition coefficient (Wildman–Crippen LogP) is 3.86. The predicted molar refractivity (Wildman–Crippen MR) is 82.2 cm³/mol. The first-order valence-electron chi connectivity index (χ1n) is 7.25. The van der Waals surface area contributed by atoms with Crippen LogP contribution in [0.2, 0.25) is 0 Å². The number of hydrogen-bond acceptors (Lipinski definition) is 3. The van der Waals surface area contributed by atoms with Crippen LogP contribution in [-0.2, 0) is 6.54 Å². The highest BCUT2D eigenvalue weighted by molar-refractivity contribution is 5.57. The Labute approximate surface area is 120 Å². The highest BCUT2D eigenvalue weighted by Crippen LogP contribution is 2.28. The molecule has 0 fully saturated rings. The molecular formula is C16H23N3O. The van der Waals surface area contributed by atoms with Crippen LogP contribution in [0, 0.1) is 0 Å². The number of rotatable bonds is 7. The van der Waals surface area contributed by atoms with Gasteiger partial charge in [0.2, 0.25) is 0 Å². The zero-order valence-electron chi connectivity index (χ0n) is 12.5. The minimum absolute atomic E-state index is 0.196. The molecule has 1 aromatic carbocycles. The van der Waals surface area contributed by atoms with Gasteiger partial charge < -0.3 is 10.1 Å². The van der Waals surface area contributed by atoms with Crippen molar-refractivity contribution in [1.29, 1.82) is 0 Å². The SMILES string of the molecule is CCCOc1ccccc1NC(C)c1cnn(CC)c1. The Balaban J connectivity index is 2.08. The maximum atomic E-state index is 5.77. The normalized spacial score (nSPS) is 12.2. The average Bonchev–Trinajstić information content (AvgIpc) is 2.95. The first kappa shape index (κ1) is 14.4. The van der Waals surface area contributed by atoms with Gasteiger partial charge in [0.25, 0.3) is 0 Å². The lowest BCUT2D eigenvalue weighted by molar-refractivity contribution is 0.318. The molecule has 0 spiro atoms. The van der Waals surface area contributed by atoms with Gasteiger partial charge in [-0.2, -0.15) is 5.10 Å². The highest BCUT2D eigenvalue weighted by atomic mass is 16.5. The first-order valence-corrected chi connectivity index (χ1v) is 7.25. The number of benzene rings is 1. The second-order valence-corrected chi connectivity index (χ2v) is 4.84. The van der Waals surface area contributed by atoms with Crippen molar-refractivity contribution >= 4 is 5.69 Å². The minimum atomic E-state index is 0.196. The number of para-hydroxylation sites is 2. The smallest absolute Gasteiger partial charge is 0.142 e. The third kappa shape index (κ3) is 3.53. The second-order valence-electron chi connectivity index (χ2n) is 4.84. The number of ether oxygens (including phenoxy) is 1. The molecule has 2 aromatic rings. The van der Waals surface area contributed by atoms with E-state index in [1.54, 1.807) is 0 Å². The Kier molecular flexibility index (Phi) is 5.04. The summed E-state index contributed by atoms with van der Waals surface area (Å²) in [4.78, 5) is 0. The maximum absolute atomic E-state index is 5.77. The zero-order valence-corrected chi connectivity index (χ0v) is 12.5. The van der Waals surface area contributed by atoms with E-state index >= 15 is 0 Å². The van der Waals surface area contributed by atoms with E-state index in [0.717, 1.165) is 31.0 Å². The van der Waals surface area contributed by atoms with Crippen molar-refractivity contribution in [3.63, 3.8) is 0 Å². The molecule has 0 aliphatic carbocycles. The summed E-state index contributed by atoms with van der Waals surface area (Å²) >= 11 is 0. The molecule has 0 aliphatic rings. The second kappa shape index (κ2) is 6.98. The molecule has 1 aromatic heterocycles. The minimum Gasteiger partial charge on any atom is -0.491 e. The van der Waals surface area contributed by atoms with Crippen molar-refractivity contribution in [3.05, 3.63) is 42.2 Å². The molecule has 1 atom stereocenters. The van der Waals surface area contributed by atoms with E-state index in [-0.39, 0.29) is 6.04 Å². The number of aromatic nitrogens is 2. The molecular weight excluding hydrogens is 250 g/mol. The van der Waals surface area contributed by atoms with Crippen molar-refractivity contribution in [2.45, 2.75) is 39.8 Å². The van der Waals surface area contributed by atoms with Crippen LogP contribution in [0.25, 0.3) is 0 Å². The molecule has 1 N–H and O–H groups in total. The molecule has 0 radical (unpaired) electrons. The third-order valence-corrected chi connectivity index (χ3v) is 3.20. The number of aryl methyl sites for hydroxylation is 1. The molecule has 0 amide bonds. The summed E-state index contributed by atoms with van der Waals surface area (Å²) in [6.07, 6.45) is 5.00. The zero-order chi connectivity index (χ0) is 14.4. The van der Waals surface area contributed by atoms with E-state index in [4.69, 9.17) is 4.74 Å². The molecule has 108 valence electrons. The summed E-state index contributed by atoms with van der Waals surface area (Å²) in [5.74, 6) is 0.907. The Bertz CT molecular complexity index is 536. The molecule has 0 bridgehead atoms. The summed E-state index contributed by atoms with van der Waals surface area (Å²) in [6, 6.07) is 8.26. The summed E-state index contributed by atoms with van der Waals surface area (Å²) in [7, 11) is 0. The number of nitrogens with zero attached hydrogens (tertiary/aromatic N) is 2. The van der Waals surface area contributed by atoms with Crippen LogP contribution < -0.4 is 10.1 Å². The Hall–Kier alpha value is -1.97. The molecule has 0 saturated heterocycles. The molecule has 4 heteroatoms. The van der Waals surface area contributed by atoms with Crippen molar-refractivity contribution < 1.29 is 4.74 Å². The number of hydrogen-bond donors (Lipinski definition) is 1. The largest absolute Gasteiger partial charge is 0.491 e. The van der Waals surface area contributed by atoms with Crippen LogP contribution in [0.1, 0.15) is 38.8 Å². The van der Waals surface area contributed by atoms with Crippen LogP contribution in [0.4, 0.5) is 5.69 Å². The van der Waals surface area contributed by atoms with Gasteiger partial charge in [-0.05, 0) is 32.4 Å². The first-order chi connectivity index (χ1) is 9.74. The van der Waals surface area contributed by atoms with E-state index in [1.807, 2.05) is 35.1 Å². The molecule has 2 rings (SSSR count). The Morgan fingerprint density at radius 1 is 1.30 bits per heavy atom. The number of anilines is 1. The summed E-state index contributed by atoms with van der Waals surface area (Å²) in [5, 5.41) is 7.81. The summed E-state index contributed by atoms with van der Waals surface area (Å²) < 4.78 is 7.70. The van der Waals surface area contributed by atoms with E-state index in [1.165, 1.54) is 5.56 Å². The van der Waals surface area contributed by atoms with E-state index in [9.17, 15) is 0 Å². The Morgan fingerprint density at radius 3 is 2.80 bits per heavy atom. The average molecular weight is 273 g/mol. The van der Waals surface area contributed by atoms with E-state index in [0.29, 0.717) is 0 Å². The van der Waals surface area contributed by atoms with E-state index in [2.05, 4.69) is 37.4 Å².